The van der Waals surface area contributed by atoms with Gasteiger partial charge in [-0.2, -0.15) is 4.98 Å². The molecule has 4 rings (SSSR count). The summed E-state index contributed by atoms with van der Waals surface area (Å²) in [5.41, 5.74) is 2.08. The van der Waals surface area contributed by atoms with Crippen LogP contribution in [0.25, 0.3) is 11.5 Å². The third-order valence-corrected chi connectivity index (χ3v) is 4.04. The summed E-state index contributed by atoms with van der Waals surface area (Å²) in [6, 6.07) is 6.38. The fourth-order valence-corrected chi connectivity index (χ4v) is 2.70. The summed E-state index contributed by atoms with van der Waals surface area (Å²) in [7, 11) is 0. The van der Waals surface area contributed by atoms with Crippen LogP contribution in [0.5, 0.6) is 0 Å². The topological polar surface area (TPSA) is 92.6 Å². The van der Waals surface area contributed by atoms with E-state index in [-0.39, 0.29) is 17.5 Å². The van der Waals surface area contributed by atoms with Crippen LogP contribution in [-0.4, -0.2) is 53.8 Å². The fourth-order valence-electron chi connectivity index (χ4n) is 2.70. The van der Waals surface area contributed by atoms with E-state index < -0.39 is 0 Å². The summed E-state index contributed by atoms with van der Waals surface area (Å²) in [5, 5.41) is 14.0. The highest BCUT2D eigenvalue weighted by Crippen LogP contribution is 2.23. The van der Waals surface area contributed by atoms with Gasteiger partial charge in [0.2, 0.25) is 5.82 Å². The summed E-state index contributed by atoms with van der Waals surface area (Å²) in [6.07, 6.45) is 5.58. The van der Waals surface area contributed by atoms with Crippen molar-refractivity contribution in [2.45, 2.75) is 6.42 Å². The molecule has 0 aliphatic carbocycles. The number of rotatable bonds is 3. The van der Waals surface area contributed by atoms with Crippen LogP contribution in [0, 0.1) is 5.82 Å². The lowest BCUT2D eigenvalue weighted by Gasteiger charge is -2.25. The molecule has 0 saturated heterocycles. The van der Waals surface area contributed by atoms with Crippen molar-refractivity contribution in [1.29, 1.82) is 0 Å². The van der Waals surface area contributed by atoms with Crippen molar-refractivity contribution in [3.63, 3.8) is 0 Å². The highest BCUT2D eigenvalue weighted by Gasteiger charge is 2.22. The van der Waals surface area contributed by atoms with Gasteiger partial charge in [-0.25, -0.2) is 4.39 Å². The number of H-pyrrole nitrogens is 1. The molecule has 0 saturated carbocycles. The lowest BCUT2D eigenvalue weighted by molar-refractivity contribution is 0.0761. The van der Waals surface area contributed by atoms with Gasteiger partial charge < -0.3 is 4.90 Å². The van der Waals surface area contributed by atoms with E-state index in [1.807, 2.05) is 6.08 Å². The molecule has 0 unspecified atom stereocenters. The number of carbonyl (C=O) groups is 1. The average Bonchev–Trinajstić information content (AvgIpc) is 3.33. The standard InChI is InChI=1S/C16H14FN7O/c17-13-3-1-11(2-4-13)12-5-7-23(8-6-12)15(25)14-20-16(22-21-14)24-9-18-19-10-24/h1-5,9-10H,6-8H2,(H,20,21,22). The van der Waals surface area contributed by atoms with Gasteiger partial charge in [0.05, 0.1) is 0 Å². The van der Waals surface area contributed by atoms with E-state index in [2.05, 4.69) is 25.4 Å². The van der Waals surface area contributed by atoms with Crippen molar-refractivity contribution in [2.24, 2.45) is 0 Å². The highest BCUT2D eigenvalue weighted by atomic mass is 19.1. The molecule has 2 aromatic heterocycles. The SMILES string of the molecule is O=C(c1nc(-n2cnnc2)n[nH]1)N1CC=C(c2ccc(F)cc2)CC1. The monoisotopic (exact) mass is 339 g/mol. The van der Waals surface area contributed by atoms with Gasteiger partial charge in [0.1, 0.15) is 18.5 Å². The van der Waals surface area contributed by atoms with Gasteiger partial charge in [-0.05, 0) is 29.7 Å². The fraction of sp³-hybridized carbons (Fsp3) is 0.188. The van der Waals surface area contributed by atoms with Crippen molar-refractivity contribution < 1.29 is 9.18 Å². The third kappa shape index (κ3) is 3.03. The van der Waals surface area contributed by atoms with E-state index in [0.717, 1.165) is 11.1 Å². The van der Waals surface area contributed by atoms with E-state index in [0.29, 0.717) is 25.5 Å². The van der Waals surface area contributed by atoms with Crippen molar-refractivity contribution in [3.05, 3.63) is 60.2 Å². The van der Waals surface area contributed by atoms with Gasteiger partial charge in [-0.3, -0.25) is 14.5 Å². The lowest BCUT2D eigenvalue weighted by atomic mass is 9.99. The molecule has 1 aliphatic heterocycles. The Labute approximate surface area is 142 Å². The highest BCUT2D eigenvalue weighted by molar-refractivity contribution is 5.91. The lowest BCUT2D eigenvalue weighted by Crippen LogP contribution is -2.35. The van der Waals surface area contributed by atoms with E-state index in [1.54, 1.807) is 17.0 Å². The van der Waals surface area contributed by atoms with E-state index >= 15 is 0 Å². The smallest absolute Gasteiger partial charge is 0.291 e. The zero-order chi connectivity index (χ0) is 17.2. The van der Waals surface area contributed by atoms with Crippen LogP contribution < -0.4 is 0 Å². The summed E-state index contributed by atoms with van der Waals surface area (Å²) in [4.78, 5) is 18.4. The molecule has 3 heterocycles. The zero-order valence-corrected chi connectivity index (χ0v) is 13.1. The first kappa shape index (κ1) is 15.2. The van der Waals surface area contributed by atoms with Gasteiger partial charge in [-0.1, -0.05) is 18.2 Å². The number of aromatic nitrogens is 6. The number of halogens is 1. The second-order valence-corrected chi connectivity index (χ2v) is 5.59. The molecule has 3 aromatic rings. The minimum atomic E-state index is -0.258. The van der Waals surface area contributed by atoms with Crippen LogP contribution in [0.3, 0.4) is 0 Å². The van der Waals surface area contributed by atoms with E-state index in [1.165, 1.54) is 29.4 Å². The van der Waals surface area contributed by atoms with Crippen LogP contribution in [0.15, 0.2) is 43.0 Å². The maximum Gasteiger partial charge on any atom is 0.291 e. The zero-order valence-electron chi connectivity index (χ0n) is 13.1. The molecule has 1 aromatic carbocycles. The van der Waals surface area contributed by atoms with Crippen molar-refractivity contribution in [2.75, 3.05) is 13.1 Å². The Morgan fingerprint density at radius 3 is 2.60 bits per heavy atom. The molecule has 126 valence electrons. The predicted molar refractivity (Wildman–Crippen MR) is 86.2 cm³/mol. The molecule has 25 heavy (non-hydrogen) atoms. The number of amides is 1. The molecule has 9 heteroatoms. The Bertz CT molecular complexity index is 914. The maximum absolute atomic E-state index is 13.0. The first-order valence-electron chi connectivity index (χ1n) is 7.72. The number of carbonyl (C=O) groups excluding carboxylic acids is 1. The Morgan fingerprint density at radius 1 is 1.16 bits per heavy atom. The minimum absolute atomic E-state index is 0.169. The van der Waals surface area contributed by atoms with E-state index in [9.17, 15) is 9.18 Å². The Balaban J connectivity index is 1.47. The van der Waals surface area contributed by atoms with Crippen molar-refractivity contribution >= 4 is 11.5 Å². The van der Waals surface area contributed by atoms with Crippen LogP contribution in [0.1, 0.15) is 22.6 Å². The molecule has 0 spiro atoms. The second-order valence-electron chi connectivity index (χ2n) is 5.59. The second kappa shape index (κ2) is 6.27. The Hall–Kier alpha value is -3.36. The maximum atomic E-state index is 13.0. The Kier molecular flexibility index (Phi) is 3.81. The quantitative estimate of drug-likeness (QED) is 0.780. The first-order valence-corrected chi connectivity index (χ1v) is 7.72. The molecular formula is C16H14FN7O. The predicted octanol–water partition coefficient (Wildman–Crippen LogP) is 1.45. The summed E-state index contributed by atoms with van der Waals surface area (Å²) >= 11 is 0. The van der Waals surface area contributed by atoms with Crippen LogP contribution >= 0.6 is 0 Å². The van der Waals surface area contributed by atoms with Gasteiger partial charge in [0, 0.05) is 13.1 Å². The largest absolute Gasteiger partial charge is 0.332 e. The number of hydrogen-bond donors (Lipinski definition) is 1. The van der Waals surface area contributed by atoms with Crippen molar-refractivity contribution in [1.82, 2.24) is 34.8 Å². The Morgan fingerprint density at radius 2 is 1.92 bits per heavy atom. The van der Waals surface area contributed by atoms with Gasteiger partial charge in [0.15, 0.2) is 0 Å². The molecule has 8 nitrogen and oxygen atoms in total. The van der Waals surface area contributed by atoms with E-state index in [4.69, 9.17) is 0 Å². The number of aromatic amines is 1. The molecule has 0 bridgehead atoms. The molecular weight excluding hydrogens is 325 g/mol. The molecule has 0 atom stereocenters. The molecule has 1 N–H and O–H groups in total. The number of nitrogens with zero attached hydrogens (tertiary/aromatic N) is 6. The molecule has 0 fully saturated rings. The van der Waals surface area contributed by atoms with Crippen LogP contribution in [0.4, 0.5) is 4.39 Å². The van der Waals surface area contributed by atoms with Gasteiger partial charge in [0.25, 0.3) is 11.9 Å². The van der Waals surface area contributed by atoms with Crippen LogP contribution in [-0.2, 0) is 0 Å². The van der Waals surface area contributed by atoms with Gasteiger partial charge >= 0.3 is 0 Å². The summed E-state index contributed by atoms with van der Waals surface area (Å²) < 4.78 is 14.5. The third-order valence-electron chi connectivity index (χ3n) is 4.04. The first-order chi connectivity index (χ1) is 12.2. The number of hydrogen-bond acceptors (Lipinski definition) is 5. The van der Waals surface area contributed by atoms with Crippen molar-refractivity contribution in [3.8, 4) is 5.95 Å². The molecule has 1 aliphatic rings. The van der Waals surface area contributed by atoms with Crippen LogP contribution in [0.2, 0.25) is 0 Å². The minimum Gasteiger partial charge on any atom is -0.332 e. The molecule has 1 amide bonds. The number of nitrogens with one attached hydrogen (secondary N) is 1. The average molecular weight is 339 g/mol. The normalized spacial score (nSPS) is 14.4. The number of benzene rings is 1. The summed E-state index contributed by atoms with van der Waals surface area (Å²) in [6.45, 7) is 1.03. The summed E-state index contributed by atoms with van der Waals surface area (Å²) in [5.74, 6) is 0.00245. The van der Waals surface area contributed by atoms with Gasteiger partial charge in [-0.15, -0.1) is 15.3 Å². The molecule has 0 radical (unpaired) electrons.